The van der Waals surface area contributed by atoms with E-state index in [4.69, 9.17) is 4.74 Å². The number of carbonyl (C=O) groups is 2. The van der Waals surface area contributed by atoms with Gasteiger partial charge in [-0.2, -0.15) is 26.3 Å². The van der Waals surface area contributed by atoms with Gasteiger partial charge in [0.2, 0.25) is 0 Å². The summed E-state index contributed by atoms with van der Waals surface area (Å²) >= 11 is 0. The highest BCUT2D eigenvalue weighted by atomic mass is 19.4. The van der Waals surface area contributed by atoms with Crippen LogP contribution in [0.25, 0.3) is 5.57 Å². The number of hydrogen-bond acceptors (Lipinski definition) is 4. The molecule has 0 saturated carbocycles. The van der Waals surface area contributed by atoms with E-state index < -0.39 is 78.1 Å². The second-order valence-corrected chi connectivity index (χ2v) is 9.99. The molecule has 0 saturated heterocycles. The number of anilines is 1. The summed E-state index contributed by atoms with van der Waals surface area (Å²) in [6.07, 6.45) is -17.1. The minimum absolute atomic E-state index is 0.0566. The van der Waals surface area contributed by atoms with Crippen LogP contribution in [0.3, 0.4) is 0 Å². The first-order valence-electron chi connectivity index (χ1n) is 13.0. The molecule has 1 heterocycles. The number of carbonyl (C=O) groups excluding carboxylic acids is 2. The molecule has 0 fully saturated rings. The molecule has 1 unspecified atom stereocenters. The fourth-order valence-electron chi connectivity index (χ4n) is 4.63. The average molecular weight is 647 g/mol. The number of rotatable bonds is 8. The molecular weight excluding hydrogens is 623 g/mol. The number of alkyl halides is 9. The topological polar surface area (TPSA) is 76.7 Å². The summed E-state index contributed by atoms with van der Waals surface area (Å²) in [4.78, 5) is 26.9. The Hall–Kier alpha value is -4.69. The normalized spacial score (nSPS) is 17.5. The molecule has 0 radical (unpaired) electrons. The molecule has 0 bridgehead atoms. The lowest BCUT2D eigenvalue weighted by Gasteiger charge is -2.41. The van der Waals surface area contributed by atoms with Gasteiger partial charge in [-0.05, 0) is 47.9 Å². The van der Waals surface area contributed by atoms with Crippen molar-refractivity contribution in [2.75, 3.05) is 11.9 Å². The molecule has 45 heavy (non-hydrogen) atoms. The summed E-state index contributed by atoms with van der Waals surface area (Å²) in [7, 11) is 0. The third-order valence-corrected chi connectivity index (χ3v) is 6.77. The van der Waals surface area contributed by atoms with Crippen LogP contribution >= 0.6 is 0 Å². The molecule has 0 aliphatic carbocycles. The molecule has 1 aliphatic rings. The van der Waals surface area contributed by atoms with Gasteiger partial charge in [0.25, 0.3) is 11.8 Å². The molecule has 3 aromatic rings. The summed E-state index contributed by atoms with van der Waals surface area (Å²) in [5.41, 5.74) is -4.53. The molecule has 240 valence electrons. The van der Waals surface area contributed by atoms with Gasteiger partial charge in [-0.3, -0.25) is 9.59 Å². The van der Waals surface area contributed by atoms with Gasteiger partial charge in [0, 0.05) is 6.42 Å². The van der Waals surface area contributed by atoms with Crippen LogP contribution in [0.2, 0.25) is 0 Å². The molecular formula is C30H23F9N2O4. The van der Waals surface area contributed by atoms with Crippen molar-refractivity contribution in [3.8, 4) is 11.5 Å². The second-order valence-electron chi connectivity index (χ2n) is 9.99. The molecule has 15 heteroatoms. The first-order chi connectivity index (χ1) is 20.9. The Labute approximate surface area is 249 Å². The van der Waals surface area contributed by atoms with Crippen molar-refractivity contribution in [3.63, 3.8) is 0 Å². The number of aryl methyl sites for hydroxylation is 1. The zero-order chi connectivity index (χ0) is 33.2. The fourth-order valence-corrected chi connectivity index (χ4v) is 4.63. The molecule has 1 atom stereocenters. The van der Waals surface area contributed by atoms with E-state index in [9.17, 15) is 49.1 Å². The van der Waals surface area contributed by atoms with Crippen molar-refractivity contribution in [1.29, 1.82) is 0 Å². The first-order valence-corrected chi connectivity index (χ1v) is 13.0. The number of hydrogen-bond donors (Lipinski definition) is 2. The number of amides is 2. The average Bonchev–Trinajstić information content (AvgIpc) is 2.92. The maximum atomic E-state index is 14.9. The minimum Gasteiger partial charge on any atom is -0.493 e. The highest BCUT2D eigenvalue weighted by molar-refractivity contribution is 6.28. The van der Waals surface area contributed by atoms with Crippen LogP contribution in [0.4, 0.5) is 45.2 Å². The van der Waals surface area contributed by atoms with E-state index in [2.05, 4.69) is 10.1 Å². The lowest BCUT2D eigenvalue weighted by atomic mass is 9.76. The maximum absolute atomic E-state index is 14.9. The zero-order valence-corrected chi connectivity index (χ0v) is 23.1. The van der Waals surface area contributed by atoms with Crippen molar-refractivity contribution in [2.45, 2.75) is 44.0 Å². The number of ether oxygens (including phenoxy) is 2. The monoisotopic (exact) mass is 646 g/mol. The summed E-state index contributed by atoms with van der Waals surface area (Å²) in [5.74, 6) is -3.76. The Morgan fingerprint density at radius 2 is 1.51 bits per heavy atom. The highest BCUT2D eigenvalue weighted by Crippen LogP contribution is 2.49. The minimum atomic E-state index is -5.17. The quantitative estimate of drug-likeness (QED) is 0.195. The smallest absolute Gasteiger partial charge is 0.493 e. The van der Waals surface area contributed by atoms with Gasteiger partial charge >= 0.3 is 18.7 Å². The van der Waals surface area contributed by atoms with Crippen molar-refractivity contribution in [2.24, 2.45) is 0 Å². The summed E-state index contributed by atoms with van der Waals surface area (Å²) < 4.78 is 130. The van der Waals surface area contributed by atoms with Crippen LogP contribution in [-0.4, -0.2) is 37.1 Å². The predicted octanol–water partition coefficient (Wildman–Crippen LogP) is 7.59. The van der Waals surface area contributed by atoms with Crippen molar-refractivity contribution in [3.05, 3.63) is 95.1 Å². The standard InChI is InChI=1S/C30H23F9N2O4/c1-17-6-8-18(9-7-17)21-16-27(29(34,35)36,19-10-12-20(13-11-19)44-15-14-28(31,32)33)41-26(43)24(21)25(42)40-22-4-2-3-5-23(22)45-30(37,38)39/h2-13H,14-16H2,1H3,(H,40,42)(H,41,43). The molecule has 0 spiro atoms. The maximum Gasteiger partial charge on any atom is 0.573 e. The van der Waals surface area contributed by atoms with Gasteiger partial charge in [-0.15, -0.1) is 13.2 Å². The van der Waals surface area contributed by atoms with Gasteiger partial charge < -0.3 is 20.1 Å². The Bertz CT molecular complexity index is 1580. The lowest BCUT2D eigenvalue weighted by molar-refractivity contribution is -0.274. The third kappa shape index (κ3) is 7.88. The number of benzene rings is 3. The number of halogens is 9. The molecule has 1 aliphatic heterocycles. The van der Waals surface area contributed by atoms with Crippen LogP contribution in [0.5, 0.6) is 11.5 Å². The van der Waals surface area contributed by atoms with E-state index in [1.54, 1.807) is 6.92 Å². The van der Waals surface area contributed by atoms with E-state index in [0.29, 0.717) is 5.56 Å². The molecule has 6 nitrogen and oxygen atoms in total. The molecule has 3 aromatic carbocycles. The summed E-state index contributed by atoms with van der Waals surface area (Å²) in [6.45, 7) is 0.912. The van der Waals surface area contributed by atoms with Gasteiger partial charge in [0.15, 0.2) is 11.3 Å². The van der Waals surface area contributed by atoms with Gasteiger partial charge in [-0.1, -0.05) is 54.1 Å². The number of nitrogens with one attached hydrogen (secondary N) is 2. The van der Waals surface area contributed by atoms with Crippen molar-refractivity contribution >= 4 is 23.1 Å². The SMILES string of the molecule is Cc1ccc(C2=C(C(=O)Nc3ccccc3OC(F)(F)F)C(=O)NC(c3ccc(OCCC(F)(F)F)cc3)(C(F)(F)F)C2)cc1. The van der Waals surface area contributed by atoms with Crippen molar-refractivity contribution < 1.29 is 58.6 Å². The van der Waals surface area contributed by atoms with Crippen LogP contribution < -0.4 is 20.1 Å². The van der Waals surface area contributed by atoms with Gasteiger partial charge in [0.1, 0.15) is 11.3 Å². The van der Waals surface area contributed by atoms with Crippen molar-refractivity contribution in [1.82, 2.24) is 5.32 Å². The van der Waals surface area contributed by atoms with Gasteiger partial charge in [-0.25, -0.2) is 0 Å². The lowest BCUT2D eigenvalue weighted by Crippen LogP contribution is -2.59. The second kappa shape index (κ2) is 12.4. The van der Waals surface area contributed by atoms with E-state index in [1.165, 1.54) is 36.4 Å². The van der Waals surface area contributed by atoms with E-state index in [0.717, 1.165) is 36.4 Å². The van der Waals surface area contributed by atoms with E-state index in [-0.39, 0.29) is 16.9 Å². The van der Waals surface area contributed by atoms with E-state index in [1.807, 2.05) is 5.32 Å². The zero-order valence-electron chi connectivity index (χ0n) is 23.1. The summed E-state index contributed by atoms with van der Waals surface area (Å²) in [6, 6.07) is 14.1. The Morgan fingerprint density at radius 1 is 0.889 bits per heavy atom. The third-order valence-electron chi connectivity index (χ3n) is 6.77. The van der Waals surface area contributed by atoms with E-state index >= 15 is 0 Å². The highest BCUT2D eigenvalue weighted by Gasteiger charge is 2.60. The van der Waals surface area contributed by atoms with Crippen LogP contribution in [0, 0.1) is 6.92 Å². The summed E-state index contributed by atoms with van der Waals surface area (Å²) in [5, 5.41) is 3.99. The predicted molar refractivity (Wildman–Crippen MR) is 143 cm³/mol. The molecule has 2 amide bonds. The van der Waals surface area contributed by atoms with Crippen LogP contribution in [0.15, 0.2) is 78.4 Å². The van der Waals surface area contributed by atoms with Crippen LogP contribution in [-0.2, 0) is 15.1 Å². The van der Waals surface area contributed by atoms with Crippen LogP contribution in [0.1, 0.15) is 29.5 Å². The Morgan fingerprint density at radius 3 is 2.09 bits per heavy atom. The molecule has 4 rings (SSSR count). The largest absolute Gasteiger partial charge is 0.573 e. The number of para-hydroxylation sites is 2. The fraction of sp³-hybridized carbons (Fsp3) is 0.267. The van der Waals surface area contributed by atoms with Gasteiger partial charge in [0.05, 0.1) is 18.7 Å². The molecule has 2 N–H and O–H groups in total. The molecule has 0 aromatic heterocycles. The Kier molecular flexibility index (Phi) is 9.12. The first kappa shape index (κ1) is 33.2. The Balaban J connectivity index is 1.77.